The van der Waals surface area contributed by atoms with E-state index in [0.29, 0.717) is 12.8 Å². The molecule has 0 unspecified atom stereocenters. The minimum Gasteiger partial charge on any atom is -0.280 e. The summed E-state index contributed by atoms with van der Waals surface area (Å²) in [6.07, 6.45) is 4.30. The Balaban J connectivity index is 2.64. The van der Waals surface area contributed by atoms with Gasteiger partial charge in [-0.1, -0.05) is 19.3 Å². The lowest BCUT2D eigenvalue weighted by Gasteiger charge is -2.18. The number of halogens is 1. The smallest absolute Gasteiger partial charge is 0.280 e. The molecule has 0 aromatic carbocycles. The molecule has 3 nitrogen and oxygen atoms in total. The van der Waals surface area contributed by atoms with Crippen molar-refractivity contribution >= 4 is 24.8 Å². The highest BCUT2D eigenvalue weighted by Crippen LogP contribution is 2.26. The van der Waals surface area contributed by atoms with Crippen molar-refractivity contribution < 1.29 is 13.2 Å². The van der Waals surface area contributed by atoms with E-state index in [-0.39, 0.29) is 5.92 Å². The molecule has 0 aromatic heterocycles. The Labute approximate surface area is 76.5 Å². The normalized spacial score (nSPS) is 20.8. The maximum atomic E-state index is 11.1. The first kappa shape index (κ1) is 9.99. The molecule has 0 bridgehead atoms. The summed E-state index contributed by atoms with van der Waals surface area (Å²) in [6.45, 7) is 0. The molecule has 0 aliphatic heterocycles. The minimum absolute atomic E-state index is 0.346. The quantitative estimate of drug-likeness (QED) is 0.619. The van der Waals surface area contributed by atoms with E-state index in [1.54, 1.807) is 0 Å². The SMILES string of the molecule is O=C(C1CCCCC1)S(=O)(=O)Cl. The Morgan fingerprint density at radius 3 is 2.08 bits per heavy atom. The Kier molecular flexibility index (Phi) is 3.12. The summed E-state index contributed by atoms with van der Waals surface area (Å²) in [5, 5.41) is -0.788. The van der Waals surface area contributed by atoms with Gasteiger partial charge in [-0.3, -0.25) is 4.79 Å². The van der Waals surface area contributed by atoms with E-state index in [2.05, 4.69) is 0 Å². The molecule has 70 valence electrons. The van der Waals surface area contributed by atoms with E-state index >= 15 is 0 Å². The number of carbonyl (C=O) groups excluding carboxylic acids is 1. The van der Waals surface area contributed by atoms with Gasteiger partial charge in [0.2, 0.25) is 0 Å². The van der Waals surface area contributed by atoms with Gasteiger partial charge in [-0.15, -0.1) is 0 Å². The number of hydrogen-bond donors (Lipinski definition) is 0. The summed E-state index contributed by atoms with van der Waals surface area (Å²) in [4.78, 5) is 11.1. The lowest BCUT2D eigenvalue weighted by molar-refractivity contribution is -0.115. The first-order chi connectivity index (χ1) is 5.52. The van der Waals surface area contributed by atoms with Crippen LogP contribution in [0.25, 0.3) is 0 Å². The Morgan fingerprint density at radius 2 is 1.67 bits per heavy atom. The van der Waals surface area contributed by atoms with Gasteiger partial charge in [0.1, 0.15) is 0 Å². The molecule has 12 heavy (non-hydrogen) atoms. The maximum absolute atomic E-state index is 11.1. The molecule has 1 saturated carbocycles. The second-order valence-electron chi connectivity index (χ2n) is 3.09. The maximum Gasteiger partial charge on any atom is 0.295 e. The van der Waals surface area contributed by atoms with Crippen molar-refractivity contribution in [2.24, 2.45) is 5.92 Å². The summed E-state index contributed by atoms with van der Waals surface area (Å²) < 4.78 is 21.3. The largest absolute Gasteiger partial charge is 0.295 e. The van der Waals surface area contributed by atoms with Crippen LogP contribution < -0.4 is 0 Å². The average Bonchev–Trinajstić information content (AvgIpc) is 2.03. The molecule has 0 atom stereocenters. The van der Waals surface area contributed by atoms with E-state index in [4.69, 9.17) is 10.7 Å². The number of rotatable bonds is 1. The van der Waals surface area contributed by atoms with Crippen molar-refractivity contribution in [1.82, 2.24) is 0 Å². The predicted octanol–water partition coefficient (Wildman–Crippen LogP) is 1.66. The molecule has 0 N–H and O–H groups in total. The van der Waals surface area contributed by atoms with Gasteiger partial charge in [0.25, 0.3) is 14.2 Å². The molecule has 0 heterocycles. The lowest BCUT2D eigenvalue weighted by atomic mass is 9.90. The van der Waals surface area contributed by atoms with Crippen molar-refractivity contribution in [2.75, 3.05) is 0 Å². The van der Waals surface area contributed by atoms with Gasteiger partial charge >= 0.3 is 0 Å². The van der Waals surface area contributed by atoms with E-state index in [9.17, 15) is 13.2 Å². The third-order valence-electron chi connectivity index (χ3n) is 2.18. The molecule has 0 spiro atoms. The first-order valence-corrected chi connectivity index (χ1v) is 6.31. The highest BCUT2D eigenvalue weighted by molar-refractivity contribution is 8.25. The molecule has 1 aliphatic rings. The van der Waals surface area contributed by atoms with Crippen molar-refractivity contribution in [1.29, 1.82) is 0 Å². The van der Waals surface area contributed by atoms with Crippen molar-refractivity contribution in [3.05, 3.63) is 0 Å². The van der Waals surface area contributed by atoms with Crippen LogP contribution in [0.15, 0.2) is 0 Å². The zero-order valence-electron chi connectivity index (χ0n) is 6.62. The minimum atomic E-state index is -3.97. The molecule has 1 fully saturated rings. The molecule has 1 rings (SSSR count). The molecule has 0 saturated heterocycles. The number of carbonyl (C=O) groups is 1. The van der Waals surface area contributed by atoms with E-state index < -0.39 is 14.2 Å². The second kappa shape index (κ2) is 3.75. The topological polar surface area (TPSA) is 51.2 Å². The van der Waals surface area contributed by atoms with Crippen molar-refractivity contribution in [3.8, 4) is 0 Å². The average molecular weight is 211 g/mol. The summed E-state index contributed by atoms with van der Waals surface area (Å²) in [6, 6.07) is 0. The molecule has 0 radical (unpaired) electrons. The van der Waals surface area contributed by atoms with Crippen LogP contribution in [0.1, 0.15) is 32.1 Å². The van der Waals surface area contributed by atoms with E-state index in [0.717, 1.165) is 19.3 Å². The van der Waals surface area contributed by atoms with Crippen molar-refractivity contribution in [2.45, 2.75) is 32.1 Å². The fourth-order valence-corrected chi connectivity index (χ4v) is 2.55. The summed E-state index contributed by atoms with van der Waals surface area (Å²) in [7, 11) is 0.971. The van der Waals surface area contributed by atoms with Crippen LogP contribution in [-0.2, 0) is 13.8 Å². The van der Waals surface area contributed by atoms with Gasteiger partial charge in [-0.25, -0.2) is 8.42 Å². The Morgan fingerprint density at radius 1 is 1.17 bits per heavy atom. The summed E-state index contributed by atoms with van der Waals surface area (Å²) in [5.74, 6) is -0.346. The van der Waals surface area contributed by atoms with Crippen molar-refractivity contribution in [3.63, 3.8) is 0 Å². The zero-order chi connectivity index (χ0) is 9.19. The van der Waals surface area contributed by atoms with E-state index in [1.165, 1.54) is 0 Å². The molecule has 0 aromatic rings. The molecule has 0 amide bonds. The zero-order valence-corrected chi connectivity index (χ0v) is 8.20. The van der Waals surface area contributed by atoms with Gasteiger partial charge in [-0.05, 0) is 12.8 Å². The van der Waals surface area contributed by atoms with Crippen LogP contribution in [0, 0.1) is 5.92 Å². The van der Waals surface area contributed by atoms with Gasteiger partial charge in [-0.2, -0.15) is 0 Å². The summed E-state index contributed by atoms with van der Waals surface area (Å²) in [5.41, 5.74) is 0. The Hall–Kier alpha value is -0.0900. The first-order valence-electron chi connectivity index (χ1n) is 4.00. The van der Waals surface area contributed by atoms with Crippen LogP contribution in [-0.4, -0.2) is 13.5 Å². The Bertz CT molecular complexity index is 264. The lowest BCUT2D eigenvalue weighted by Crippen LogP contribution is -2.22. The predicted molar refractivity (Wildman–Crippen MR) is 46.4 cm³/mol. The fourth-order valence-electron chi connectivity index (χ4n) is 1.54. The third kappa shape index (κ3) is 2.45. The van der Waals surface area contributed by atoms with E-state index in [1.807, 2.05) is 0 Å². The fraction of sp³-hybridized carbons (Fsp3) is 0.857. The highest BCUT2D eigenvalue weighted by Gasteiger charge is 2.29. The van der Waals surface area contributed by atoms with Crippen LogP contribution in [0.2, 0.25) is 0 Å². The second-order valence-corrected chi connectivity index (χ2v) is 5.59. The van der Waals surface area contributed by atoms with Gasteiger partial charge in [0, 0.05) is 16.6 Å². The number of hydrogen-bond acceptors (Lipinski definition) is 3. The van der Waals surface area contributed by atoms with Crippen LogP contribution in [0.4, 0.5) is 0 Å². The third-order valence-corrected chi connectivity index (χ3v) is 3.45. The van der Waals surface area contributed by atoms with Crippen LogP contribution in [0.5, 0.6) is 0 Å². The molecular formula is C7H11ClO3S. The van der Waals surface area contributed by atoms with Gasteiger partial charge < -0.3 is 0 Å². The van der Waals surface area contributed by atoms with Crippen LogP contribution in [0.3, 0.4) is 0 Å². The van der Waals surface area contributed by atoms with Gasteiger partial charge in [0.05, 0.1) is 0 Å². The standard InChI is InChI=1S/C7H11ClO3S/c8-12(10,11)7(9)6-4-2-1-3-5-6/h6H,1-5H2. The van der Waals surface area contributed by atoms with Gasteiger partial charge in [0.15, 0.2) is 0 Å². The summed E-state index contributed by atoms with van der Waals surface area (Å²) >= 11 is 0. The highest BCUT2D eigenvalue weighted by atomic mass is 35.7. The van der Waals surface area contributed by atoms with Crippen LogP contribution >= 0.6 is 10.7 Å². The monoisotopic (exact) mass is 210 g/mol. The molecular weight excluding hydrogens is 200 g/mol. The molecule has 1 aliphatic carbocycles. The molecule has 5 heteroatoms.